The Morgan fingerprint density at radius 3 is 2.57 bits per heavy atom. The zero-order valence-corrected chi connectivity index (χ0v) is 6.97. The fourth-order valence-corrected chi connectivity index (χ4v) is 1.28. The number of hydrogen-bond acceptors (Lipinski definition) is 4. The second kappa shape index (κ2) is 2.95. The molecule has 0 aromatic heterocycles. The first-order chi connectivity index (χ1) is 6.68. The Hall–Kier alpha value is -2.17. The summed E-state index contributed by atoms with van der Waals surface area (Å²) in [6.07, 6.45) is 0.684. The molecule has 2 rings (SSSR count). The predicted molar refractivity (Wildman–Crippen MR) is 46.8 cm³/mol. The molecule has 0 N–H and O–H groups in total. The van der Waals surface area contributed by atoms with Crippen LogP contribution in [0.4, 0.5) is 0 Å². The van der Waals surface area contributed by atoms with E-state index in [4.69, 9.17) is 4.74 Å². The number of nitrogens with zero attached hydrogens (tertiary/aromatic N) is 1. The number of cyclic esters (lactones) is 1. The second-order valence-corrected chi connectivity index (χ2v) is 2.71. The highest BCUT2D eigenvalue weighted by molar-refractivity contribution is 6.02. The van der Waals surface area contributed by atoms with Crippen LogP contribution >= 0.6 is 0 Å². The number of hydrogen-bond donors (Lipinski definition) is 0. The van der Waals surface area contributed by atoms with Gasteiger partial charge in [-0.3, -0.25) is 10.1 Å². The molecule has 0 saturated carbocycles. The monoisotopic (exact) mass is 191 g/mol. The van der Waals surface area contributed by atoms with Crippen molar-refractivity contribution in [3.05, 3.63) is 51.7 Å². The van der Waals surface area contributed by atoms with Gasteiger partial charge in [0.1, 0.15) is 0 Å². The zero-order valence-electron chi connectivity index (χ0n) is 6.97. The van der Waals surface area contributed by atoms with Gasteiger partial charge >= 0.3 is 5.97 Å². The number of fused-ring (bicyclic) bond motifs is 1. The van der Waals surface area contributed by atoms with Gasteiger partial charge in [-0.15, -0.1) is 0 Å². The van der Waals surface area contributed by atoms with Gasteiger partial charge in [0.25, 0.3) is 6.20 Å². The highest BCUT2D eigenvalue weighted by Gasteiger charge is 2.27. The Kier molecular flexibility index (Phi) is 1.78. The lowest BCUT2D eigenvalue weighted by molar-refractivity contribution is -0.402. The van der Waals surface area contributed by atoms with E-state index in [9.17, 15) is 14.9 Å². The van der Waals surface area contributed by atoms with Gasteiger partial charge in [0.15, 0.2) is 0 Å². The van der Waals surface area contributed by atoms with Crippen molar-refractivity contribution < 1.29 is 14.5 Å². The van der Waals surface area contributed by atoms with E-state index in [0.717, 1.165) is 0 Å². The number of benzene rings is 1. The molecule has 1 aromatic carbocycles. The molecule has 1 aromatic rings. The van der Waals surface area contributed by atoms with Gasteiger partial charge in [0, 0.05) is 5.56 Å². The molecule has 0 unspecified atom stereocenters. The molecule has 70 valence electrons. The van der Waals surface area contributed by atoms with E-state index in [1.165, 1.54) is 0 Å². The SMILES string of the molecule is O=C1O/C(=C\[N+](=O)[O-])c2ccccc21. The van der Waals surface area contributed by atoms with E-state index in [0.29, 0.717) is 17.3 Å². The van der Waals surface area contributed by atoms with Crippen molar-refractivity contribution >= 4 is 11.7 Å². The summed E-state index contributed by atoms with van der Waals surface area (Å²) in [5.41, 5.74) is 0.829. The molecule has 0 aliphatic carbocycles. The van der Waals surface area contributed by atoms with Crippen LogP contribution in [-0.2, 0) is 4.74 Å². The summed E-state index contributed by atoms with van der Waals surface area (Å²) in [6.45, 7) is 0. The minimum absolute atomic E-state index is 0.00407. The van der Waals surface area contributed by atoms with Crippen molar-refractivity contribution in [2.24, 2.45) is 0 Å². The smallest absolute Gasteiger partial charge is 0.344 e. The van der Waals surface area contributed by atoms with Crippen LogP contribution in [-0.4, -0.2) is 10.9 Å². The molecule has 0 spiro atoms. The van der Waals surface area contributed by atoms with Crippen LogP contribution in [0.25, 0.3) is 5.76 Å². The van der Waals surface area contributed by atoms with E-state index in [1.54, 1.807) is 24.3 Å². The van der Waals surface area contributed by atoms with Crippen LogP contribution in [0.15, 0.2) is 30.5 Å². The first-order valence-corrected chi connectivity index (χ1v) is 3.85. The minimum atomic E-state index is -0.648. The highest BCUT2D eigenvalue weighted by Crippen LogP contribution is 2.28. The average Bonchev–Trinajstić information content (AvgIpc) is 2.44. The van der Waals surface area contributed by atoms with Crippen molar-refractivity contribution in [3.63, 3.8) is 0 Å². The molecule has 1 aliphatic heterocycles. The third-order valence-corrected chi connectivity index (χ3v) is 1.84. The molecule has 0 saturated heterocycles. The molecule has 5 heteroatoms. The Bertz CT molecular complexity index is 450. The van der Waals surface area contributed by atoms with Crippen LogP contribution in [0, 0.1) is 10.1 Å². The van der Waals surface area contributed by atoms with Crippen LogP contribution < -0.4 is 0 Å². The van der Waals surface area contributed by atoms with Crippen LogP contribution in [0.1, 0.15) is 15.9 Å². The van der Waals surface area contributed by atoms with Gasteiger partial charge in [-0.1, -0.05) is 18.2 Å². The fraction of sp³-hybridized carbons (Fsp3) is 0. The summed E-state index contributed by atoms with van der Waals surface area (Å²) in [5.74, 6) is -0.552. The number of rotatable bonds is 1. The number of nitro groups is 1. The molecule has 0 fully saturated rings. The zero-order chi connectivity index (χ0) is 10.1. The van der Waals surface area contributed by atoms with E-state index in [-0.39, 0.29) is 5.76 Å². The van der Waals surface area contributed by atoms with Crippen LogP contribution in [0.2, 0.25) is 0 Å². The van der Waals surface area contributed by atoms with Crippen molar-refractivity contribution in [2.45, 2.75) is 0 Å². The maximum atomic E-state index is 11.2. The maximum absolute atomic E-state index is 11.2. The van der Waals surface area contributed by atoms with E-state index in [1.807, 2.05) is 0 Å². The van der Waals surface area contributed by atoms with Crippen molar-refractivity contribution in [2.75, 3.05) is 0 Å². The average molecular weight is 191 g/mol. The first-order valence-electron chi connectivity index (χ1n) is 3.85. The number of carbonyl (C=O) groups is 1. The van der Waals surface area contributed by atoms with Gasteiger partial charge in [-0.25, -0.2) is 4.79 Å². The number of ether oxygens (including phenoxy) is 1. The lowest BCUT2D eigenvalue weighted by Gasteiger charge is -1.91. The molecular formula is C9H5NO4. The normalized spacial score (nSPS) is 16.6. The molecule has 0 amide bonds. The van der Waals surface area contributed by atoms with Crippen molar-refractivity contribution in [1.29, 1.82) is 0 Å². The van der Waals surface area contributed by atoms with Crippen molar-refractivity contribution in [1.82, 2.24) is 0 Å². The minimum Gasteiger partial charge on any atom is -0.416 e. The number of carbonyl (C=O) groups excluding carboxylic acids is 1. The molecule has 0 atom stereocenters. The summed E-state index contributed by atoms with van der Waals surface area (Å²) in [5, 5.41) is 10.2. The van der Waals surface area contributed by atoms with E-state index in [2.05, 4.69) is 0 Å². The highest BCUT2D eigenvalue weighted by atomic mass is 16.6. The molecule has 5 nitrogen and oxygen atoms in total. The van der Waals surface area contributed by atoms with Gasteiger partial charge in [-0.05, 0) is 6.07 Å². The summed E-state index contributed by atoms with van der Waals surface area (Å²) >= 11 is 0. The topological polar surface area (TPSA) is 69.4 Å². The third kappa shape index (κ3) is 1.24. The quantitative estimate of drug-likeness (QED) is 0.382. The number of esters is 1. The van der Waals surface area contributed by atoms with Gasteiger partial charge in [-0.2, -0.15) is 0 Å². The third-order valence-electron chi connectivity index (χ3n) is 1.84. The van der Waals surface area contributed by atoms with Gasteiger partial charge < -0.3 is 4.74 Å². The standard InChI is InChI=1S/C9H5NO4/c11-9-7-4-2-1-3-6(7)8(14-9)5-10(12)13/h1-5H/b8-5-. The largest absolute Gasteiger partial charge is 0.416 e. The van der Waals surface area contributed by atoms with Gasteiger partial charge in [0.05, 0.1) is 10.5 Å². The van der Waals surface area contributed by atoms with Crippen LogP contribution in [0.5, 0.6) is 0 Å². The summed E-state index contributed by atoms with van der Waals surface area (Å²) in [7, 11) is 0. The molecular weight excluding hydrogens is 186 g/mol. The molecule has 14 heavy (non-hydrogen) atoms. The second-order valence-electron chi connectivity index (χ2n) is 2.71. The van der Waals surface area contributed by atoms with Crippen LogP contribution in [0.3, 0.4) is 0 Å². The Morgan fingerprint density at radius 1 is 1.29 bits per heavy atom. The predicted octanol–water partition coefficient (Wildman–Crippen LogP) is 1.43. The van der Waals surface area contributed by atoms with E-state index >= 15 is 0 Å². The molecule has 0 radical (unpaired) electrons. The fourth-order valence-electron chi connectivity index (χ4n) is 1.28. The summed E-state index contributed by atoms with van der Waals surface area (Å²) in [4.78, 5) is 20.7. The summed E-state index contributed by atoms with van der Waals surface area (Å²) < 4.78 is 4.72. The maximum Gasteiger partial charge on any atom is 0.344 e. The Labute approximate surface area is 78.8 Å². The first kappa shape index (κ1) is 8.43. The molecule has 1 heterocycles. The summed E-state index contributed by atoms with van der Waals surface area (Å²) in [6, 6.07) is 6.54. The van der Waals surface area contributed by atoms with Gasteiger partial charge in [0.2, 0.25) is 5.76 Å². The lowest BCUT2D eigenvalue weighted by Crippen LogP contribution is -1.93. The molecule has 1 aliphatic rings. The van der Waals surface area contributed by atoms with Crippen molar-refractivity contribution in [3.8, 4) is 0 Å². The Morgan fingerprint density at radius 2 is 1.93 bits per heavy atom. The lowest BCUT2D eigenvalue weighted by atomic mass is 10.1. The Balaban J connectivity index is 2.54. The molecule has 0 bridgehead atoms. The van der Waals surface area contributed by atoms with E-state index < -0.39 is 10.9 Å².